The third kappa shape index (κ3) is 4.99. The molecule has 1 heterocycles. The molecule has 1 saturated heterocycles. The zero-order valence-electron chi connectivity index (χ0n) is 17.1. The van der Waals surface area contributed by atoms with Crippen LogP contribution >= 0.6 is 0 Å². The second kappa shape index (κ2) is 9.14. The summed E-state index contributed by atoms with van der Waals surface area (Å²) >= 11 is 0. The van der Waals surface area contributed by atoms with Crippen molar-refractivity contribution in [2.75, 3.05) is 32.8 Å². The molecule has 0 aromatic heterocycles. The fourth-order valence-electron chi connectivity index (χ4n) is 3.98. The van der Waals surface area contributed by atoms with Crippen LogP contribution in [0.15, 0.2) is 66.7 Å². The number of benzene rings is 3. The van der Waals surface area contributed by atoms with Gasteiger partial charge in [-0.05, 0) is 52.9 Å². The molecule has 3 aromatic carbocycles. The van der Waals surface area contributed by atoms with Gasteiger partial charge in [-0.2, -0.15) is 0 Å². The lowest BCUT2D eigenvalue weighted by atomic mass is 9.92. The fourth-order valence-corrected chi connectivity index (χ4v) is 3.98. The first-order valence-corrected chi connectivity index (χ1v) is 10.5. The van der Waals surface area contributed by atoms with Gasteiger partial charge in [0.25, 0.3) is 0 Å². The van der Waals surface area contributed by atoms with Crippen molar-refractivity contribution < 1.29 is 20.1 Å². The summed E-state index contributed by atoms with van der Waals surface area (Å²) in [5.74, 6) is 0.736. The molecular weight excluding hydrogens is 378 g/mol. The van der Waals surface area contributed by atoms with Gasteiger partial charge >= 0.3 is 0 Å². The Morgan fingerprint density at radius 2 is 1.63 bits per heavy atom. The molecule has 0 saturated carbocycles. The lowest BCUT2D eigenvalue weighted by Crippen LogP contribution is -2.48. The van der Waals surface area contributed by atoms with Crippen molar-refractivity contribution in [3.05, 3.63) is 66.7 Å². The Hall–Kier alpha value is -2.44. The molecule has 1 atom stereocenters. The van der Waals surface area contributed by atoms with E-state index in [1.807, 2.05) is 36.4 Å². The van der Waals surface area contributed by atoms with Crippen LogP contribution in [0.2, 0.25) is 0 Å². The summed E-state index contributed by atoms with van der Waals surface area (Å²) in [6, 6.07) is 22.6. The number of aliphatic hydroxyl groups excluding tert-OH is 2. The van der Waals surface area contributed by atoms with Crippen molar-refractivity contribution in [2.45, 2.75) is 24.5 Å². The first-order chi connectivity index (χ1) is 14.5. The van der Waals surface area contributed by atoms with Gasteiger partial charge in [-0.25, -0.2) is 0 Å². The maximum Gasteiger partial charge on any atom is 0.120 e. The number of hydrogen-bond acceptors (Lipinski definition) is 5. The van der Waals surface area contributed by atoms with Crippen LogP contribution in [0.3, 0.4) is 0 Å². The largest absolute Gasteiger partial charge is 0.491 e. The van der Waals surface area contributed by atoms with Gasteiger partial charge in [0.1, 0.15) is 18.5 Å². The highest BCUT2D eigenvalue weighted by Gasteiger charge is 2.31. The molecular formula is C25H29NO4. The van der Waals surface area contributed by atoms with Gasteiger partial charge in [-0.1, -0.05) is 48.5 Å². The zero-order valence-corrected chi connectivity index (χ0v) is 17.1. The molecule has 1 unspecified atom stereocenters. The Morgan fingerprint density at radius 3 is 2.37 bits per heavy atom. The van der Waals surface area contributed by atoms with E-state index >= 15 is 0 Å². The van der Waals surface area contributed by atoms with Gasteiger partial charge in [-0.15, -0.1) is 0 Å². The molecule has 1 aliphatic rings. The van der Waals surface area contributed by atoms with E-state index in [1.54, 1.807) is 0 Å². The SMILES string of the molecule is OCC1(O)CCN(CC(O)COc2ccc3ccc(-c4ccccc4)cc3c2)CC1. The number of rotatable bonds is 7. The summed E-state index contributed by atoms with van der Waals surface area (Å²) in [5, 5.41) is 32.0. The predicted molar refractivity (Wildman–Crippen MR) is 119 cm³/mol. The third-order valence-electron chi connectivity index (χ3n) is 5.91. The van der Waals surface area contributed by atoms with Crippen LogP contribution in [-0.2, 0) is 0 Å². The molecule has 0 radical (unpaired) electrons. The zero-order chi connectivity index (χ0) is 21.0. The average molecular weight is 408 g/mol. The molecule has 0 spiro atoms. The molecule has 0 bridgehead atoms. The van der Waals surface area contributed by atoms with Crippen molar-refractivity contribution in [2.24, 2.45) is 0 Å². The van der Waals surface area contributed by atoms with Crippen LogP contribution < -0.4 is 4.74 Å². The lowest BCUT2D eigenvalue weighted by Gasteiger charge is -2.37. The highest BCUT2D eigenvalue weighted by atomic mass is 16.5. The van der Waals surface area contributed by atoms with E-state index in [0.29, 0.717) is 32.5 Å². The van der Waals surface area contributed by atoms with E-state index < -0.39 is 11.7 Å². The number of ether oxygens (including phenoxy) is 1. The van der Waals surface area contributed by atoms with Crippen LogP contribution in [0.25, 0.3) is 21.9 Å². The summed E-state index contributed by atoms with van der Waals surface area (Å²) in [6.45, 7) is 1.82. The normalized spacial score (nSPS) is 17.7. The Balaban J connectivity index is 1.35. The molecule has 30 heavy (non-hydrogen) atoms. The number of β-amino-alcohol motifs (C(OH)–C–C–N with tert-alkyl or cyclic N) is 1. The van der Waals surface area contributed by atoms with Crippen molar-refractivity contribution in [3.63, 3.8) is 0 Å². The fraction of sp³-hybridized carbons (Fsp3) is 0.360. The second-order valence-electron chi connectivity index (χ2n) is 8.24. The van der Waals surface area contributed by atoms with Gasteiger partial charge in [0.05, 0.1) is 12.2 Å². The van der Waals surface area contributed by atoms with Gasteiger partial charge < -0.3 is 25.0 Å². The number of likely N-dealkylation sites (tertiary alicyclic amines) is 1. The Kier molecular flexibility index (Phi) is 6.35. The van der Waals surface area contributed by atoms with Crippen LogP contribution in [-0.4, -0.2) is 64.8 Å². The van der Waals surface area contributed by atoms with E-state index in [-0.39, 0.29) is 13.2 Å². The predicted octanol–water partition coefficient (Wildman–Crippen LogP) is 3.07. The Morgan fingerprint density at radius 1 is 0.900 bits per heavy atom. The molecule has 5 heteroatoms. The monoisotopic (exact) mass is 407 g/mol. The van der Waals surface area contributed by atoms with E-state index in [4.69, 9.17) is 4.74 Å². The van der Waals surface area contributed by atoms with E-state index in [0.717, 1.165) is 22.1 Å². The van der Waals surface area contributed by atoms with Crippen molar-refractivity contribution >= 4 is 10.8 Å². The molecule has 3 aromatic rings. The lowest BCUT2D eigenvalue weighted by molar-refractivity contribution is -0.0656. The Labute approximate surface area is 177 Å². The minimum atomic E-state index is -0.971. The third-order valence-corrected chi connectivity index (χ3v) is 5.91. The van der Waals surface area contributed by atoms with Crippen LogP contribution in [0, 0.1) is 0 Å². The van der Waals surface area contributed by atoms with Crippen molar-refractivity contribution in [1.82, 2.24) is 4.90 Å². The topological polar surface area (TPSA) is 73.2 Å². The van der Waals surface area contributed by atoms with Gasteiger partial charge in [0, 0.05) is 19.6 Å². The van der Waals surface area contributed by atoms with Crippen LogP contribution in [0.5, 0.6) is 5.75 Å². The maximum absolute atomic E-state index is 10.4. The number of hydrogen-bond donors (Lipinski definition) is 3. The standard InChI is InChI=1S/C25H29NO4/c27-18-25(29)10-12-26(13-11-25)16-23(28)17-30-24-9-8-20-6-7-21(14-22(20)15-24)19-4-2-1-3-5-19/h1-9,14-15,23,27-29H,10-13,16-18H2. The van der Waals surface area contributed by atoms with Crippen molar-refractivity contribution in [3.8, 4) is 16.9 Å². The molecule has 0 aliphatic carbocycles. The van der Waals surface area contributed by atoms with Gasteiger partial charge in [0.15, 0.2) is 0 Å². The van der Waals surface area contributed by atoms with Crippen LogP contribution in [0.1, 0.15) is 12.8 Å². The van der Waals surface area contributed by atoms with E-state index in [2.05, 4.69) is 35.2 Å². The summed E-state index contributed by atoms with van der Waals surface area (Å²) in [4.78, 5) is 2.10. The number of nitrogens with zero attached hydrogens (tertiary/aromatic N) is 1. The average Bonchev–Trinajstić information content (AvgIpc) is 2.79. The molecule has 1 fully saturated rings. The summed E-state index contributed by atoms with van der Waals surface area (Å²) in [6.07, 6.45) is 0.424. The molecule has 3 N–H and O–H groups in total. The smallest absolute Gasteiger partial charge is 0.120 e. The highest BCUT2D eigenvalue weighted by molar-refractivity contribution is 5.88. The van der Waals surface area contributed by atoms with Crippen LogP contribution in [0.4, 0.5) is 0 Å². The minimum Gasteiger partial charge on any atom is -0.491 e. The second-order valence-corrected chi connectivity index (χ2v) is 8.24. The molecule has 5 nitrogen and oxygen atoms in total. The summed E-state index contributed by atoms with van der Waals surface area (Å²) in [7, 11) is 0. The maximum atomic E-state index is 10.4. The number of piperidine rings is 1. The molecule has 158 valence electrons. The van der Waals surface area contributed by atoms with E-state index in [1.165, 1.54) is 5.56 Å². The Bertz CT molecular complexity index is 967. The summed E-state index contributed by atoms with van der Waals surface area (Å²) in [5.41, 5.74) is 1.37. The first-order valence-electron chi connectivity index (χ1n) is 10.5. The van der Waals surface area contributed by atoms with Gasteiger partial charge in [0.2, 0.25) is 0 Å². The minimum absolute atomic E-state index is 0.208. The quantitative estimate of drug-likeness (QED) is 0.561. The number of fused-ring (bicyclic) bond motifs is 1. The number of aliphatic hydroxyl groups is 3. The van der Waals surface area contributed by atoms with Gasteiger partial charge in [-0.3, -0.25) is 0 Å². The molecule has 4 rings (SSSR count). The van der Waals surface area contributed by atoms with Crippen molar-refractivity contribution in [1.29, 1.82) is 0 Å². The molecule has 1 aliphatic heterocycles. The highest BCUT2D eigenvalue weighted by Crippen LogP contribution is 2.27. The molecule has 0 amide bonds. The first kappa shape index (κ1) is 20.8. The van der Waals surface area contributed by atoms with E-state index in [9.17, 15) is 15.3 Å². The summed E-state index contributed by atoms with van der Waals surface area (Å²) < 4.78 is 5.86.